The number of rotatable bonds is 1. The first-order chi connectivity index (χ1) is 4.75. The molecule has 0 spiro atoms. The van der Waals surface area contributed by atoms with Crippen molar-refractivity contribution in [3.05, 3.63) is 23.8 Å². The van der Waals surface area contributed by atoms with Crippen molar-refractivity contribution in [1.29, 1.82) is 0 Å². The summed E-state index contributed by atoms with van der Waals surface area (Å²) in [4.78, 5) is 10.1. The normalized spacial score (nSPS) is 8.36. The van der Waals surface area contributed by atoms with E-state index < -0.39 is 0 Å². The van der Waals surface area contributed by atoms with Crippen molar-refractivity contribution in [2.75, 3.05) is 0 Å². The Labute approximate surface area is 86.0 Å². The maximum atomic E-state index is 10.1. The molecule has 0 atom stereocenters. The van der Waals surface area contributed by atoms with Crippen LogP contribution in [-0.2, 0) is 0 Å². The number of carbonyl (C=O) groups excluding carboxylic acids is 1. The van der Waals surface area contributed by atoms with E-state index in [1.807, 2.05) is 0 Å². The molecular weight excluding hydrogens is 155 g/mol. The summed E-state index contributed by atoms with van der Waals surface area (Å²) in [6, 6.07) is 4.13. The van der Waals surface area contributed by atoms with Crippen LogP contribution < -0.4 is 0 Å². The van der Waals surface area contributed by atoms with Crippen molar-refractivity contribution in [1.82, 2.24) is 0 Å². The van der Waals surface area contributed by atoms with E-state index in [1.165, 1.54) is 18.2 Å². The van der Waals surface area contributed by atoms with Gasteiger partial charge in [-0.05, 0) is 12.1 Å². The van der Waals surface area contributed by atoms with E-state index in [2.05, 4.69) is 0 Å². The molecule has 1 rings (SSSR count). The molecule has 54 valence electrons. The summed E-state index contributed by atoms with van der Waals surface area (Å²) in [6.07, 6.45) is 0.407. The number of phenolic OH excluding ortho intramolecular Hbond substituents is 2. The summed E-state index contributed by atoms with van der Waals surface area (Å²) in [5.41, 5.74) is -0.0671. The summed E-state index contributed by atoms with van der Waals surface area (Å²) in [7, 11) is 0. The molecule has 0 saturated carbocycles. The van der Waals surface area contributed by atoms with Gasteiger partial charge in [-0.25, -0.2) is 0 Å². The fraction of sp³-hybridized carbons (Fsp3) is 0. The first kappa shape index (κ1) is 10.5. The van der Waals surface area contributed by atoms with Gasteiger partial charge >= 0.3 is 29.6 Å². The Kier molecular flexibility index (Phi) is 4.18. The van der Waals surface area contributed by atoms with E-state index in [0.717, 1.165) is 0 Å². The zero-order chi connectivity index (χ0) is 7.56. The van der Waals surface area contributed by atoms with Crippen LogP contribution in [0.4, 0.5) is 0 Å². The Morgan fingerprint density at radius 2 is 1.64 bits per heavy atom. The average Bonchev–Trinajstić information content (AvgIpc) is 1.88. The molecule has 0 unspecified atom stereocenters. The molecule has 0 aliphatic carbocycles. The third-order valence-corrected chi connectivity index (χ3v) is 1.18. The van der Waals surface area contributed by atoms with Gasteiger partial charge in [0.2, 0.25) is 0 Å². The Morgan fingerprint density at radius 1 is 1.18 bits per heavy atom. The third-order valence-electron chi connectivity index (χ3n) is 1.18. The Hall–Kier alpha value is -0.510. The first-order valence-electron chi connectivity index (χ1n) is 2.72. The summed E-state index contributed by atoms with van der Waals surface area (Å²) >= 11 is 0. The topological polar surface area (TPSA) is 57.5 Å². The molecule has 11 heavy (non-hydrogen) atoms. The Bertz CT molecular complexity index is 240. The number of hydrogen-bond donors (Lipinski definition) is 2. The minimum absolute atomic E-state index is 0. The van der Waals surface area contributed by atoms with Crippen molar-refractivity contribution in [3.8, 4) is 11.5 Å². The Morgan fingerprint density at radius 3 is 1.91 bits per heavy atom. The molecule has 0 aliphatic rings. The van der Waals surface area contributed by atoms with Crippen LogP contribution in [-0.4, -0.2) is 46.1 Å². The molecule has 0 amide bonds. The predicted molar refractivity (Wildman–Crippen MR) is 42.3 cm³/mol. The van der Waals surface area contributed by atoms with E-state index in [-0.39, 0.29) is 46.6 Å². The summed E-state index contributed by atoms with van der Waals surface area (Å²) in [6.45, 7) is 0. The van der Waals surface area contributed by atoms with Gasteiger partial charge in [-0.1, -0.05) is 6.07 Å². The number of aromatic hydroxyl groups is 2. The van der Waals surface area contributed by atoms with Crippen LogP contribution in [0.5, 0.6) is 11.5 Å². The van der Waals surface area contributed by atoms with Gasteiger partial charge in [0.05, 0.1) is 5.56 Å². The van der Waals surface area contributed by atoms with Gasteiger partial charge in [-0.15, -0.1) is 0 Å². The van der Waals surface area contributed by atoms with Crippen LogP contribution >= 0.6 is 0 Å². The molecule has 0 radical (unpaired) electrons. The molecule has 0 fully saturated rings. The third kappa shape index (κ3) is 2.22. The summed E-state index contributed by atoms with van der Waals surface area (Å²) in [5, 5.41) is 17.8. The van der Waals surface area contributed by atoms with Crippen molar-refractivity contribution in [2.24, 2.45) is 0 Å². The molecular formula is C7H7NaO3. The number of hydrogen-bond acceptors (Lipinski definition) is 3. The van der Waals surface area contributed by atoms with Gasteiger partial charge in [0.15, 0.2) is 6.29 Å². The number of carbonyl (C=O) groups is 1. The Balaban J connectivity index is 0.000001000. The SMILES string of the molecule is O=Cc1c(O)cccc1O.[NaH]. The molecule has 1 aromatic rings. The molecule has 4 heteroatoms. The van der Waals surface area contributed by atoms with E-state index in [1.54, 1.807) is 0 Å². The van der Waals surface area contributed by atoms with Gasteiger partial charge in [-0.3, -0.25) is 4.79 Å². The maximum absolute atomic E-state index is 10.1. The molecule has 0 saturated heterocycles. The van der Waals surface area contributed by atoms with Crippen LogP contribution in [0.15, 0.2) is 18.2 Å². The summed E-state index contributed by atoms with van der Waals surface area (Å²) < 4.78 is 0. The van der Waals surface area contributed by atoms with Crippen molar-refractivity contribution < 1.29 is 15.0 Å². The number of aldehydes is 1. The van der Waals surface area contributed by atoms with Gasteiger partial charge in [0.25, 0.3) is 0 Å². The molecule has 0 heterocycles. The molecule has 0 aromatic heterocycles. The van der Waals surface area contributed by atoms with Crippen molar-refractivity contribution >= 4 is 35.8 Å². The number of benzene rings is 1. The second-order valence-electron chi connectivity index (χ2n) is 1.83. The molecule has 1 aromatic carbocycles. The van der Waals surface area contributed by atoms with Crippen LogP contribution in [0.3, 0.4) is 0 Å². The van der Waals surface area contributed by atoms with Gasteiger partial charge in [0, 0.05) is 0 Å². The van der Waals surface area contributed by atoms with E-state index >= 15 is 0 Å². The van der Waals surface area contributed by atoms with Crippen molar-refractivity contribution in [2.45, 2.75) is 0 Å². The molecule has 3 nitrogen and oxygen atoms in total. The van der Waals surface area contributed by atoms with Crippen LogP contribution in [0.1, 0.15) is 10.4 Å². The van der Waals surface area contributed by atoms with E-state index in [0.29, 0.717) is 6.29 Å². The molecule has 0 bridgehead atoms. The quantitative estimate of drug-likeness (QED) is 0.460. The molecule has 2 N–H and O–H groups in total. The monoisotopic (exact) mass is 162 g/mol. The molecule has 0 aliphatic heterocycles. The van der Waals surface area contributed by atoms with Crippen molar-refractivity contribution in [3.63, 3.8) is 0 Å². The van der Waals surface area contributed by atoms with Gasteiger partial charge < -0.3 is 10.2 Å². The minimum atomic E-state index is -0.199. The summed E-state index contributed by atoms with van der Waals surface area (Å²) in [5.74, 6) is -0.398. The van der Waals surface area contributed by atoms with E-state index in [4.69, 9.17) is 10.2 Å². The van der Waals surface area contributed by atoms with E-state index in [9.17, 15) is 4.79 Å². The second kappa shape index (κ2) is 4.38. The predicted octanol–water partition coefficient (Wildman–Crippen LogP) is 0.262. The van der Waals surface area contributed by atoms with Crippen LogP contribution in [0.25, 0.3) is 0 Å². The zero-order valence-electron chi connectivity index (χ0n) is 5.11. The first-order valence-corrected chi connectivity index (χ1v) is 2.72. The van der Waals surface area contributed by atoms with Crippen LogP contribution in [0.2, 0.25) is 0 Å². The standard InChI is InChI=1S/C7H6O3.Na.H/c8-4-5-6(9)2-1-3-7(5)10;;/h1-4,9-10H;;. The number of phenols is 2. The fourth-order valence-electron chi connectivity index (χ4n) is 0.662. The second-order valence-corrected chi connectivity index (χ2v) is 1.83. The van der Waals surface area contributed by atoms with Gasteiger partial charge in [-0.2, -0.15) is 0 Å². The fourth-order valence-corrected chi connectivity index (χ4v) is 0.662. The zero-order valence-corrected chi connectivity index (χ0v) is 5.11. The van der Waals surface area contributed by atoms with Gasteiger partial charge in [0.1, 0.15) is 11.5 Å². The van der Waals surface area contributed by atoms with Crippen LogP contribution in [0, 0.1) is 0 Å². The average molecular weight is 162 g/mol.